The molecule has 0 spiro atoms. The van der Waals surface area contributed by atoms with Crippen LogP contribution in [0.3, 0.4) is 0 Å². The molecule has 138 valence electrons. The molecule has 0 saturated carbocycles. The van der Waals surface area contributed by atoms with Crippen LogP contribution >= 0.6 is 0 Å². The first-order chi connectivity index (χ1) is 12.8. The van der Waals surface area contributed by atoms with Crippen LogP contribution in [0.4, 0.5) is 10.1 Å². The molecule has 2 aromatic rings. The third-order valence-electron chi connectivity index (χ3n) is 5.58. The second-order valence-electron chi connectivity index (χ2n) is 7.34. The summed E-state index contributed by atoms with van der Waals surface area (Å²) in [5, 5.41) is 3.81. The van der Waals surface area contributed by atoms with E-state index in [2.05, 4.69) is 27.3 Å². The van der Waals surface area contributed by atoms with Crippen molar-refractivity contribution in [1.82, 2.24) is 10.3 Å². The molecule has 1 N–H and O–H groups in total. The number of aromatic nitrogens is 1. The second-order valence-corrected chi connectivity index (χ2v) is 7.34. The molecule has 2 saturated heterocycles. The van der Waals surface area contributed by atoms with Gasteiger partial charge in [0.1, 0.15) is 5.82 Å². The normalized spacial score (nSPS) is 24.1. The topological polar surface area (TPSA) is 37.4 Å². The number of hydrogen-bond acceptors (Lipinski definition) is 4. The van der Waals surface area contributed by atoms with E-state index < -0.39 is 0 Å². The summed E-state index contributed by atoms with van der Waals surface area (Å²) in [6.45, 7) is 3.37. The highest BCUT2D eigenvalue weighted by atomic mass is 19.1. The molecule has 1 aromatic heterocycles. The van der Waals surface area contributed by atoms with Crippen LogP contribution in [0, 0.1) is 11.7 Å². The number of pyridine rings is 1. The molecule has 3 heterocycles. The number of halogens is 1. The summed E-state index contributed by atoms with van der Waals surface area (Å²) in [5.41, 5.74) is 2.04. The summed E-state index contributed by atoms with van der Waals surface area (Å²) in [6.07, 6.45) is 6.80. The fourth-order valence-corrected chi connectivity index (χ4v) is 4.10. The van der Waals surface area contributed by atoms with E-state index in [1.54, 1.807) is 12.1 Å². The predicted octanol–water partition coefficient (Wildman–Crippen LogP) is 3.04. The van der Waals surface area contributed by atoms with E-state index in [1.807, 2.05) is 24.5 Å². The average molecular weight is 355 g/mol. The van der Waals surface area contributed by atoms with Crippen LogP contribution in [0.25, 0.3) is 0 Å². The Morgan fingerprint density at radius 2 is 1.85 bits per heavy atom. The molecule has 1 aromatic carbocycles. The first kappa shape index (κ1) is 17.4. The van der Waals surface area contributed by atoms with Gasteiger partial charge in [-0.15, -0.1) is 0 Å². The van der Waals surface area contributed by atoms with Crippen molar-refractivity contribution in [2.45, 2.75) is 31.3 Å². The van der Waals surface area contributed by atoms with Gasteiger partial charge in [-0.1, -0.05) is 12.1 Å². The zero-order chi connectivity index (χ0) is 17.8. The predicted molar refractivity (Wildman–Crippen MR) is 101 cm³/mol. The Morgan fingerprint density at radius 1 is 1.08 bits per heavy atom. The minimum Gasteiger partial charge on any atom is -0.379 e. The number of nitrogens with zero attached hydrogens (tertiary/aromatic N) is 2. The zero-order valence-electron chi connectivity index (χ0n) is 15.0. The van der Waals surface area contributed by atoms with Crippen molar-refractivity contribution in [2.75, 3.05) is 31.2 Å². The number of nitrogens with one attached hydrogen (secondary N) is 1. The quantitative estimate of drug-likeness (QED) is 0.895. The van der Waals surface area contributed by atoms with E-state index in [0.717, 1.165) is 51.3 Å². The summed E-state index contributed by atoms with van der Waals surface area (Å²) in [7, 11) is 0. The van der Waals surface area contributed by atoms with Gasteiger partial charge in [-0.05, 0) is 49.1 Å². The molecule has 0 aliphatic carbocycles. The molecule has 0 amide bonds. The maximum atomic E-state index is 14.0. The highest BCUT2D eigenvalue weighted by Gasteiger charge is 2.31. The number of piperidine rings is 1. The van der Waals surface area contributed by atoms with Crippen LogP contribution < -0.4 is 10.2 Å². The fourth-order valence-electron chi connectivity index (χ4n) is 4.10. The van der Waals surface area contributed by atoms with E-state index >= 15 is 0 Å². The van der Waals surface area contributed by atoms with E-state index in [1.165, 1.54) is 5.56 Å². The molecule has 26 heavy (non-hydrogen) atoms. The Kier molecular flexibility index (Phi) is 5.46. The summed E-state index contributed by atoms with van der Waals surface area (Å²) in [6, 6.07) is 12.1. The van der Waals surface area contributed by atoms with Crippen molar-refractivity contribution in [3.63, 3.8) is 0 Å². The van der Waals surface area contributed by atoms with Crippen LogP contribution in [-0.2, 0) is 11.2 Å². The highest BCUT2D eigenvalue weighted by Crippen LogP contribution is 2.25. The maximum Gasteiger partial charge on any atom is 0.146 e. The third-order valence-corrected chi connectivity index (χ3v) is 5.58. The minimum atomic E-state index is -0.125. The molecule has 4 nitrogen and oxygen atoms in total. The van der Waals surface area contributed by atoms with Crippen LogP contribution in [0.5, 0.6) is 0 Å². The van der Waals surface area contributed by atoms with Crippen molar-refractivity contribution in [3.8, 4) is 0 Å². The first-order valence-electron chi connectivity index (χ1n) is 9.52. The minimum absolute atomic E-state index is 0.125. The number of ether oxygens (including phenoxy) is 1. The SMILES string of the molecule is Fc1ccccc1N1CCC(N[C@@H]2COC[C@H]2Cc2ccncc2)CC1. The lowest BCUT2D eigenvalue weighted by Gasteiger charge is -2.36. The Balaban J connectivity index is 1.30. The van der Waals surface area contributed by atoms with E-state index in [4.69, 9.17) is 4.74 Å². The molecule has 2 fully saturated rings. The molecule has 0 unspecified atom stereocenters. The van der Waals surface area contributed by atoms with Crippen molar-refractivity contribution >= 4 is 5.69 Å². The van der Waals surface area contributed by atoms with Gasteiger partial charge in [0, 0.05) is 43.5 Å². The Bertz CT molecular complexity index is 703. The number of hydrogen-bond donors (Lipinski definition) is 1. The number of rotatable bonds is 5. The summed E-state index contributed by atoms with van der Waals surface area (Å²) < 4.78 is 19.7. The van der Waals surface area contributed by atoms with Gasteiger partial charge in [0.05, 0.1) is 18.9 Å². The highest BCUT2D eigenvalue weighted by molar-refractivity contribution is 5.47. The molecule has 5 heteroatoms. The Morgan fingerprint density at radius 3 is 2.62 bits per heavy atom. The monoisotopic (exact) mass is 355 g/mol. The van der Waals surface area contributed by atoms with Gasteiger partial charge in [-0.2, -0.15) is 0 Å². The average Bonchev–Trinajstić information content (AvgIpc) is 3.10. The van der Waals surface area contributed by atoms with Crippen LogP contribution in [0.2, 0.25) is 0 Å². The van der Waals surface area contributed by atoms with Gasteiger partial charge in [0.15, 0.2) is 0 Å². The molecular weight excluding hydrogens is 329 g/mol. The van der Waals surface area contributed by atoms with Crippen molar-refractivity contribution in [2.24, 2.45) is 5.92 Å². The Labute approximate surface area is 154 Å². The van der Waals surface area contributed by atoms with Gasteiger partial charge in [-0.3, -0.25) is 4.98 Å². The molecule has 0 bridgehead atoms. The largest absolute Gasteiger partial charge is 0.379 e. The third kappa shape index (κ3) is 4.05. The van der Waals surface area contributed by atoms with E-state index in [0.29, 0.717) is 18.0 Å². The van der Waals surface area contributed by atoms with Crippen molar-refractivity contribution in [3.05, 3.63) is 60.2 Å². The van der Waals surface area contributed by atoms with Gasteiger partial charge in [0.25, 0.3) is 0 Å². The first-order valence-corrected chi connectivity index (χ1v) is 9.52. The number of anilines is 1. The lowest BCUT2D eigenvalue weighted by Crippen LogP contribution is -2.48. The number of benzene rings is 1. The van der Waals surface area contributed by atoms with E-state index in [9.17, 15) is 4.39 Å². The molecule has 2 aliphatic rings. The molecule has 2 aliphatic heterocycles. The maximum absolute atomic E-state index is 14.0. The van der Waals surface area contributed by atoms with Gasteiger partial charge in [0.2, 0.25) is 0 Å². The van der Waals surface area contributed by atoms with Gasteiger partial charge < -0.3 is 15.0 Å². The van der Waals surface area contributed by atoms with Crippen molar-refractivity contribution < 1.29 is 9.13 Å². The van der Waals surface area contributed by atoms with Crippen LogP contribution in [0.1, 0.15) is 18.4 Å². The molecule has 0 radical (unpaired) electrons. The molecule has 2 atom stereocenters. The summed E-state index contributed by atoms with van der Waals surface area (Å²) >= 11 is 0. The van der Waals surface area contributed by atoms with E-state index in [-0.39, 0.29) is 5.82 Å². The molecule has 4 rings (SSSR count). The lowest BCUT2D eigenvalue weighted by atomic mass is 9.93. The zero-order valence-corrected chi connectivity index (χ0v) is 15.0. The lowest BCUT2D eigenvalue weighted by molar-refractivity contribution is 0.181. The van der Waals surface area contributed by atoms with Crippen LogP contribution in [0.15, 0.2) is 48.8 Å². The van der Waals surface area contributed by atoms with Gasteiger partial charge >= 0.3 is 0 Å². The Hall–Kier alpha value is -1.98. The van der Waals surface area contributed by atoms with Crippen LogP contribution in [-0.4, -0.2) is 43.4 Å². The molecular formula is C21H26FN3O. The number of para-hydroxylation sites is 1. The standard InChI is InChI=1S/C21H26FN3O/c22-19-3-1-2-4-21(19)25-11-7-18(8-12-25)24-20-15-26-14-17(20)13-16-5-9-23-10-6-16/h1-6,9-10,17-18,20,24H,7-8,11-15H2/t17-,20-/m1/s1. The second kappa shape index (κ2) is 8.14. The summed E-state index contributed by atoms with van der Waals surface area (Å²) in [4.78, 5) is 6.25. The fraction of sp³-hybridized carbons (Fsp3) is 0.476. The van der Waals surface area contributed by atoms with Gasteiger partial charge in [-0.25, -0.2) is 4.39 Å². The smallest absolute Gasteiger partial charge is 0.146 e. The summed E-state index contributed by atoms with van der Waals surface area (Å²) in [5.74, 6) is 0.377. The van der Waals surface area contributed by atoms with Crippen molar-refractivity contribution in [1.29, 1.82) is 0 Å².